The normalized spacial score (nSPS) is 28.2. The van der Waals surface area contributed by atoms with Crippen molar-refractivity contribution in [2.24, 2.45) is 24.8 Å². The van der Waals surface area contributed by atoms with E-state index in [1.165, 1.54) is 4.90 Å². The van der Waals surface area contributed by atoms with E-state index in [2.05, 4.69) is 10.6 Å². The van der Waals surface area contributed by atoms with Gasteiger partial charge in [0, 0.05) is 55.3 Å². The molecule has 3 aromatic rings. The molecule has 53 heavy (non-hydrogen) atoms. The van der Waals surface area contributed by atoms with Gasteiger partial charge < -0.3 is 34.8 Å². The van der Waals surface area contributed by atoms with Crippen molar-refractivity contribution >= 4 is 40.7 Å². The fourth-order valence-electron chi connectivity index (χ4n) is 8.69. The number of hydrogen-bond donors (Lipinski definition) is 3. The molecule has 3 fully saturated rings. The Labute approximate surface area is 309 Å². The summed E-state index contributed by atoms with van der Waals surface area (Å²) in [6.45, 7) is 5.95. The Hall–Kier alpha value is -5.13. The molecule has 12 nitrogen and oxygen atoms in total. The SMILES string of the molecule is Cn1c(-c2ccccc2)c(C(=O)N2C[C@H]3CN4C(=O)[C@H](NC(=O)OC(C)(C)C)CCCCC/C=C\[C@H]5C[C@@]5(C(=O)O)NC(=O)[C@@H]4[C@H]3C2)c2ccccc21. The zero-order chi connectivity index (χ0) is 37.7. The second-order valence-corrected chi connectivity index (χ2v) is 16.1. The van der Waals surface area contributed by atoms with Crippen LogP contribution in [0, 0.1) is 17.8 Å². The lowest BCUT2D eigenvalue weighted by molar-refractivity contribution is -0.146. The van der Waals surface area contributed by atoms with Gasteiger partial charge >= 0.3 is 12.1 Å². The highest BCUT2D eigenvalue weighted by atomic mass is 16.6. The van der Waals surface area contributed by atoms with E-state index in [1.54, 1.807) is 25.7 Å². The van der Waals surface area contributed by atoms with E-state index in [1.807, 2.05) is 78.4 Å². The van der Waals surface area contributed by atoms with Crippen LogP contribution in [-0.2, 0) is 26.2 Å². The fourth-order valence-corrected chi connectivity index (χ4v) is 8.69. The van der Waals surface area contributed by atoms with Gasteiger partial charge in [0.2, 0.25) is 11.8 Å². The lowest BCUT2D eigenvalue weighted by atomic mass is 9.93. The number of likely N-dealkylation sites (tertiary alicyclic amines) is 1. The minimum absolute atomic E-state index is 0.163. The summed E-state index contributed by atoms with van der Waals surface area (Å²) >= 11 is 0. The molecule has 4 aliphatic rings. The zero-order valence-electron chi connectivity index (χ0n) is 30.8. The summed E-state index contributed by atoms with van der Waals surface area (Å²) in [7, 11) is 1.95. The van der Waals surface area contributed by atoms with Crippen molar-refractivity contribution in [1.29, 1.82) is 0 Å². The summed E-state index contributed by atoms with van der Waals surface area (Å²) in [5.41, 5.74) is 0.956. The summed E-state index contributed by atoms with van der Waals surface area (Å²) in [6, 6.07) is 15.6. The molecule has 4 heterocycles. The molecule has 0 unspecified atom stereocenters. The number of allylic oxidation sites excluding steroid dienone is 1. The number of nitrogens with zero attached hydrogens (tertiary/aromatic N) is 3. The Morgan fingerprint density at radius 1 is 0.962 bits per heavy atom. The highest BCUT2D eigenvalue weighted by Gasteiger charge is 2.62. The van der Waals surface area contributed by atoms with E-state index < -0.39 is 53.0 Å². The van der Waals surface area contributed by atoms with Crippen LogP contribution < -0.4 is 10.6 Å². The summed E-state index contributed by atoms with van der Waals surface area (Å²) in [4.78, 5) is 72.5. The van der Waals surface area contributed by atoms with E-state index >= 15 is 0 Å². The number of alkyl carbamates (subject to hydrolysis) is 1. The monoisotopic (exact) mass is 723 g/mol. The predicted octanol–water partition coefficient (Wildman–Crippen LogP) is 5.12. The fraction of sp³-hybridized carbons (Fsp3) is 0.488. The Balaban J connectivity index is 1.22. The molecule has 3 aliphatic heterocycles. The van der Waals surface area contributed by atoms with Gasteiger partial charge in [-0.25, -0.2) is 9.59 Å². The van der Waals surface area contributed by atoms with E-state index in [9.17, 15) is 29.1 Å². The van der Waals surface area contributed by atoms with Gasteiger partial charge in [0.25, 0.3) is 5.91 Å². The summed E-state index contributed by atoms with van der Waals surface area (Å²) in [5.74, 6) is -3.30. The molecular weight excluding hydrogens is 674 g/mol. The zero-order valence-corrected chi connectivity index (χ0v) is 30.8. The molecule has 280 valence electrons. The highest BCUT2D eigenvalue weighted by molar-refractivity contribution is 6.13. The molecule has 1 aliphatic carbocycles. The second-order valence-electron chi connectivity index (χ2n) is 16.1. The molecule has 1 aromatic heterocycles. The number of carbonyl (C=O) groups excluding carboxylic acids is 4. The number of hydrogen-bond acceptors (Lipinski definition) is 6. The number of carbonyl (C=O) groups is 5. The van der Waals surface area contributed by atoms with Gasteiger partial charge in [-0.05, 0) is 58.1 Å². The number of amides is 4. The van der Waals surface area contributed by atoms with Crippen LogP contribution in [0.25, 0.3) is 22.2 Å². The molecule has 2 saturated heterocycles. The molecule has 2 aromatic carbocycles. The average molecular weight is 724 g/mol. The summed E-state index contributed by atoms with van der Waals surface area (Å²) in [6.07, 6.45) is 6.80. The first-order valence-corrected chi connectivity index (χ1v) is 18.7. The summed E-state index contributed by atoms with van der Waals surface area (Å²) in [5, 5.41) is 16.8. The van der Waals surface area contributed by atoms with Gasteiger partial charge in [-0.3, -0.25) is 14.4 Å². The number of aromatic nitrogens is 1. The number of benzene rings is 2. The van der Waals surface area contributed by atoms with Crippen LogP contribution in [0.1, 0.15) is 69.7 Å². The molecule has 0 spiro atoms. The number of aliphatic carboxylic acids is 1. The highest BCUT2D eigenvalue weighted by Crippen LogP contribution is 2.46. The van der Waals surface area contributed by atoms with Gasteiger partial charge in [-0.1, -0.05) is 73.5 Å². The Kier molecular flexibility index (Phi) is 9.59. The number of para-hydroxylation sites is 1. The predicted molar refractivity (Wildman–Crippen MR) is 199 cm³/mol. The quantitative estimate of drug-likeness (QED) is 0.317. The van der Waals surface area contributed by atoms with Crippen LogP contribution in [-0.4, -0.2) is 92.1 Å². The lowest BCUT2D eigenvalue weighted by Gasteiger charge is -2.33. The Bertz CT molecular complexity index is 1970. The topological polar surface area (TPSA) is 150 Å². The third-order valence-electron chi connectivity index (χ3n) is 11.3. The maximum absolute atomic E-state index is 14.7. The summed E-state index contributed by atoms with van der Waals surface area (Å²) < 4.78 is 7.55. The molecule has 7 rings (SSSR count). The third-order valence-corrected chi connectivity index (χ3v) is 11.3. The molecule has 3 N–H and O–H groups in total. The largest absolute Gasteiger partial charge is 0.479 e. The van der Waals surface area contributed by atoms with Crippen LogP contribution in [0.2, 0.25) is 0 Å². The number of carboxylic acids is 1. The van der Waals surface area contributed by atoms with Crippen LogP contribution >= 0.6 is 0 Å². The van der Waals surface area contributed by atoms with Gasteiger partial charge in [-0.2, -0.15) is 0 Å². The van der Waals surface area contributed by atoms with Crippen molar-refractivity contribution in [3.8, 4) is 11.3 Å². The average Bonchev–Trinajstić information content (AvgIpc) is 3.34. The molecule has 6 atom stereocenters. The maximum atomic E-state index is 14.7. The van der Waals surface area contributed by atoms with Gasteiger partial charge in [0.15, 0.2) is 0 Å². The number of ether oxygens (including phenoxy) is 1. The standard InChI is InChI=1S/C41H49N5O7/c1-40(2,3)53-39(52)42-30-19-12-7-5-6-11-17-27-21-41(27,38(50)51)43-35(47)34-29-24-45(22-26(29)23-46(34)36(30)48)37(49)32-28-18-13-14-20-31(28)44(4)33(32)25-15-9-8-10-16-25/h8-11,13-18,20,26-27,29-30,34H,5-7,12,19,21-24H2,1-4H3,(H,42,52)(H,43,47)(H,50,51)/b17-11-/t26-,27-,29-,30+,34-,41+/m0/s1. The number of fused-ring (bicyclic) bond motifs is 5. The van der Waals surface area contributed by atoms with Crippen LogP contribution in [0.3, 0.4) is 0 Å². The van der Waals surface area contributed by atoms with E-state index in [4.69, 9.17) is 4.74 Å². The number of carboxylic acid groups (broad SMARTS) is 1. The first-order valence-electron chi connectivity index (χ1n) is 18.7. The minimum atomic E-state index is -1.46. The Morgan fingerprint density at radius 2 is 1.70 bits per heavy atom. The van der Waals surface area contributed by atoms with Crippen molar-refractivity contribution in [2.45, 2.75) is 82.5 Å². The minimum Gasteiger partial charge on any atom is -0.479 e. The first-order chi connectivity index (χ1) is 25.3. The third kappa shape index (κ3) is 6.91. The van der Waals surface area contributed by atoms with Crippen LogP contribution in [0.4, 0.5) is 4.79 Å². The van der Waals surface area contributed by atoms with Crippen LogP contribution in [0.5, 0.6) is 0 Å². The van der Waals surface area contributed by atoms with Gasteiger partial charge in [0.1, 0.15) is 23.2 Å². The van der Waals surface area contributed by atoms with Crippen LogP contribution in [0.15, 0.2) is 66.7 Å². The van der Waals surface area contributed by atoms with E-state index in [0.29, 0.717) is 24.9 Å². The molecule has 1 saturated carbocycles. The van der Waals surface area contributed by atoms with Gasteiger partial charge in [0.05, 0.1) is 11.3 Å². The molecular formula is C41H49N5O7. The molecule has 12 heteroatoms. The molecule has 4 amide bonds. The van der Waals surface area contributed by atoms with Crippen molar-refractivity contribution < 1.29 is 33.8 Å². The van der Waals surface area contributed by atoms with Gasteiger partial charge in [-0.15, -0.1) is 0 Å². The van der Waals surface area contributed by atoms with Crippen molar-refractivity contribution in [3.63, 3.8) is 0 Å². The number of nitrogens with one attached hydrogen (secondary N) is 2. The maximum Gasteiger partial charge on any atom is 0.408 e. The molecule has 0 radical (unpaired) electrons. The van der Waals surface area contributed by atoms with Crippen molar-refractivity contribution in [1.82, 2.24) is 25.0 Å². The lowest BCUT2D eigenvalue weighted by Crippen LogP contribution is -2.58. The van der Waals surface area contributed by atoms with Crippen molar-refractivity contribution in [3.05, 3.63) is 72.3 Å². The second kappa shape index (κ2) is 14.0. The molecule has 0 bridgehead atoms. The first kappa shape index (κ1) is 36.2. The number of rotatable bonds is 4. The Morgan fingerprint density at radius 3 is 2.43 bits per heavy atom. The van der Waals surface area contributed by atoms with E-state index in [-0.39, 0.29) is 37.3 Å². The smallest absolute Gasteiger partial charge is 0.408 e. The number of aryl methyl sites for hydroxylation is 1. The van der Waals surface area contributed by atoms with E-state index in [0.717, 1.165) is 41.4 Å². The van der Waals surface area contributed by atoms with Crippen molar-refractivity contribution in [2.75, 3.05) is 19.6 Å².